The van der Waals surface area contributed by atoms with E-state index in [1.165, 1.54) is 0 Å². The van der Waals surface area contributed by atoms with Crippen molar-refractivity contribution in [3.8, 4) is 0 Å². The Kier molecular flexibility index (Phi) is 5.94. The molecule has 1 saturated heterocycles. The first-order valence-electron chi connectivity index (χ1n) is 9.02. The lowest BCUT2D eigenvalue weighted by Gasteiger charge is -2.31. The van der Waals surface area contributed by atoms with E-state index in [0.29, 0.717) is 36.5 Å². The Bertz CT molecular complexity index is 781. The fourth-order valence-corrected chi connectivity index (χ4v) is 3.43. The third kappa shape index (κ3) is 4.25. The van der Waals surface area contributed by atoms with Gasteiger partial charge in [0.2, 0.25) is 5.91 Å². The fourth-order valence-electron chi connectivity index (χ4n) is 3.31. The van der Waals surface area contributed by atoms with E-state index in [1.54, 1.807) is 24.3 Å². The molecule has 1 heterocycles. The standard InChI is InChI=1S/C21H23ClN2O2/c1-2-15-5-3-4-6-19(15)23-20(25)16-11-13-24(14-12-16)21(26)17-7-9-18(22)10-8-17/h3-10,16H,2,11-14H2,1H3,(H,23,25). The zero-order chi connectivity index (χ0) is 18.5. The number of carbonyl (C=O) groups excluding carboxylic acids is 2. The van der Waals surface area contributed by atoms with E-state index in [1.807, 2.05) is 29.2 Å². The molecule has 0 aromatic heterocycles. The van der Waals surface area contributed by atoms with Gasteiger partial charge in [-0.2, -0.15) is 0 Å². The molecular weight excluding hydrogens is 348 g/mol. The minimum Gasteiger partial charge on any atom is -0.339 e. The van der Waals surface area contributed by atoms with Crippen molar-refractivity contribution < 1.29 is 9.59 Å². The number of likely N-dealkylation sites (tertiary alicyclic amines) is 1. The van der Waals surface area contributed by atoms with Crippen LogP contribution in [0, 0.1) is 5.92 Å². The van der Waals surface area contributed by atoms with Crippen molar-refractivity contribution >= 4 is 29.1 Å². The van der Waals surface area contributed by atoms with E-state index in [0.717, 1.165) is 17.7 Å². The van der Waals surface area contributed by atoms with Crippen LogP contribution in [-0.2, 0) is 11.2 Å². The SMILES string of the molecule is CCc1ccccc1NC(=O)C1CCN(C(=O)c2ccc(Cl)cc2)CC1. The van der Waals surface area contributed by atoms with Gasteiger partial charge in [0.15, 0.2) is 0 Å². The molecule has 2 amide bonds. The van der Waals surface area contributed by atoms with Gasteiger partial charge in [-0.3, -0.25) is 9.59 Å². The van der Waals surface area contributed by atoms with E-state index in [9.17, 15) is 9.59 Å². The minimum atomic E-state index is -0.0609. The second-order valence-electron chi connectivity index (χ2n) is 6.57. The van der Waals surface area contributed by atoms with Crippen LogP contribution in [0.3, 0.4) is 0 Å². The highest BCUT2D eigenvalue weighted by atomic mass is 35.5. The van der Waals surface area contributed by atoms with E-state index >= 15 is 0 Å². The van der Waals surface area contributed by atoms with Crippen molar-refractivity contribution in [1.29, 1.82) is 0 Å². The molecule has 5 heteroatoms. The zero-order valence-electron chi connectivity index (χ0n) is 14.9. The first-order valence-corrected chi connectivity index (χ1v) is 9.40. The average molecular weight is 371 g/mol. The average Bonchev–Trinajstić information content (AvgIpc) is 2.68. The summed E-state index contributed by atoms with van der Waals surface area (Å²) in [6.45, 7) is 3.26. The number of para-hydroxylation sites is 1. The number of anilines is 1. The normalized spacial score (nSPS) is 14.9. The van der Waals surface area contributed by atoms with Crippen LogP contribution < -0.4 is 5.32 Å². The molecule has 0 spiro atoms. The molecule has 0 unspecified atom stereocenters. The highest BCUT2D eigenvalue weighted by Crippen LogP contribution is 2.23. The van der Waals surface area contributed by atoms with E-state index in [2.05, 4.69) is 12.2 Å². The molecule has 2 aromatic carbocycles. The number of carbonyl (C=O) groups is 2. The van der Waals surface area contributed by atoms with Crippen LogP contribution in [0.15, 0.2) is 48.5 Å². The predicted molar refractivity (Wildman–Crippen MR) is 105 cm³/mol. The fraction of sp³-hybridized carbons (Fsp3) is 0.333. The van der Waals surface area contributed by atoms with E-state index < -0.39 is 0 Å². The Balaban J connectivity index is 1.57. The van der Waals surface area contributed by atoms with Crippen LogP contribution in [-0.4, -0.2) is 29.8 Å². The maximum Gasteiger partial charge on any atom is 0.253 e. The summed E-state index contributed by atoms with van der Waals surface area (Å²) in [5.74, 6) is -0.0180. The van der Waals surface area contributed by atoms with Crippen LogP contribution in [0.1, 0.15) is 35.7 Å². The summed E-state index contributed by atoms with van der Waals surface area (Å²) < 4.78 is 0. The summed E-state index contributed by atoms with van der Waals surface area (Å²) in [6.07, 6.45) is 2.24. The van der Waals surface area contributed by atoms with Crippen molar-refractivity contribution in [3.63, 3.8) is 0 Å². The molecule has 3 rings (SSSR count). The van der Waals surface area contributed by atoms with Crippen LogP contribution >= 0.6 is 11.6 Å². The number of benzene rings is 2. The molecule has 26 heavy (non-hydrogen) atoms. The summed E-state index contributed by atoms with van der Waals surface area (Å²) >= 11 is 5.87. The second-order valence-corrected chi connectivity index (χ2v) is 7.01. The van der Waals surface area contributed by atoms with Gasteiger partial charge in [0.05, 0.1) is 0 Å². The smallest absolute Gasteiger partial charge is 0.253 e. The van der Waals surface area contributed by atoms with Crippen molar-refractivity contribution in [3.05, 3.63) is 64.7 Å². The van der Waals surface area contributed by atoms with Gasteiger partial charge in [0.1, 0.15) is 0 Å². The molecule has 1 aliphatic heterocycles. The maximum atomic E-state index is 12.6. The molecule has 0 radical (unpaired) electrons. The lowest BCUT2D eigenvalue weighted by molar-refractivity contribution is -0.121. The molecule has 1 aliphatic rings. The van der Waals surface area contributed by atoms with Crippen molar-refractivity contribution in [1.82, 2.24) is 4.90 Å². The monoisotopic (exact) mass is 370 g/mol. The highest BCUT2D eigenvalue weighted by molar-refractivity contribution is 6.30. The number of aryl methyl sites for hydroxylation is 1. The van der Waals surface area contributed by atoms with Gasteiger partial charge < -0.3 is 10.2 Å². The first-order chi connectivity index (χ1) is 12.6. The molecule has 4 nitrogen and oxygen atoms in total. The number of nitrogens with zero attached hydrogens (tertiary/aromatic N) is 1. The number of hydrogen-bond acceptors (Lipinski definition) is 2. The topological polar surface area (TPSA) is 49.4 Å². The van der Waals surface area contributed by atoms with Gasteiger partial charge >= 0.3 is 0 Å². The van der Waals surface area contributed by atoms with Crippen LogP contribution in [0.5, 0.6) is 0 Å². The van der Waals surface area contributed by atoms with Gasteiger partial charge in [-0.15, -0.1) is 0 Å². The van der Waals surface area contributed by atoms with Crippen LogP contribution in [0.2, 0.25) is 5.02 Å². The molecule has 0 atom stereocenters. The Hall–Kier alpha value is -2.33. The Morgan fingerprint density at radius 2 is 1.73 bits per heavy atom. The second kappa shape index (κ2) is 8.37. The number of halogens is 1. The number of hydrogen-bond donors (Lipinski definition) is 1. The summed E-state index contributed by atoms with van der Waals surface area (Å²) in [7, 11) is 0. The molecular formula is C21H23ClN2O2. The maximum absolute atomic E-state index is 12.6. The molecule has 1 fully saturated rings. The number of rotatable bonds is 4. The van der Waals surface area contributed by atoms with E-state index in [4.69, 9.17) is 11.6 Å². The highest BCUT2D eigenvalue weighted by Gasteiger charge is 2.28. The number of amides is 2. The Morgan fingerprint density at radius 1 is 1.08 bits per heavy atom. The summed E-state index contributed by atoms with van der Waals surface area (Å²) in [6, 6.07) is 14.8. The van der Waals surface area contributed by atoms with Crippen molar-refractivity contribution in [2.24, 2.45) is 5.92 Å². The van der Waals surface area contributed by atoms with Crippen LogP contribution in [0.25, 0.3) is 0 Å². The van der Waals surface area contributed by atoms with E-state index in [-0.39, 0.29) is 17.7 Å². The molecule has 1 N–H and O–H groups in total. The zero-order valence-corrected chi connectivity index (χ0v) is 15.6. The third-order valence-corrected chi connectivity index (χ3v) is 5.15. The quantitative estimate of drug-likeness (QED) is 0.867. The summed E-state index contributed by atoms with van der Waals surface area (Å²) in [5, 5.41) is 3.67. The number of nitrogens with one attached hydrogen (secondary N) is 1. The Morgan fingerprint density at radius 3 is 2.38 bits per heavy atom. The minimum absolute atomic E-state index is 0.00291. The molecule has 0 saturated carbocycles. The molecule has 0 bridgehead atoms. The molecule has 136 valence electrons. The lowest BCUT2D eigenvalue weighted by Crippen LogP contribution is -2.41. The van der Waals surface area contributed by atoms with Crippen molar-refractivity contribution in [2.45, 2.75) is 26.2 Å². The first kappa shape index (κ1) is 18.5. The summed E-state index contributed by atoms with van der Waals surface area (Å²) in [5.41, 5.74) is 2.66. The van der Waals surface area contributed by atoms with Gasteiger partial charge in [0.25, 0.3) is 5.91 Å². The van der Waals surface area contributed by atoms with Crippen LogP contribution in [0.4, 0.5) is 5.69 Å². The van der Waals surface area contributed by atoms with Gasteiger partial charge in [-0.05, 0) is 55.2 Å². The van der Waals surface area contributed by atoms with Gasteiger partial charge in [-0.25, -0.2) is 0 Å². The Labute approximate surface area is 159 Å². The predicted octanol–water partition coefficient (Wildman–Crippen LogP) is 4.39. The largest absolute Gasteiger partial charge is 0.339 e. The lowest BCUT2D eigenvalue weighted by atomic mass is 9.95. The molecule has 2 aromatic rings. The van der Waals surface area contributed by atoms with Crippen molar-refractivity contribution in [2.75, 3.05) is 18.4 Å². The third-order valence-electron chi connectivity index (χ3n) is 4.90. The van der Waals surface area contributed by atoms with Gasteiger partial charge in [0, 0.05) is 35.3 Å². The molecule has 0 aliphatic carbocycles. The van der Waals surface area contributed by atoms with Gasteiger partial charge in [-0.1, -0.05) is 36.7 Å². The number of piperidine rings is 1. The summed E-state index contributed by atoms with van der Waals surface area (Å²) in [4.78, 5) is 26.9.